The van der Waals surface area contributed by atoms with Gasteiger partial charge >= 0.3 is 6.03 Å². The van der Waals surface area contributed by atoms with Crippen molar-refractivity contribution in [1.29, 1.82) is 0 Å². The minimum Gasteiger partial charge on any atom is -0.348 e. The molecule has 0 saturated carbocycles. The lowest BCUT2D eigenvalue weighted by Crippen LogP contribution is -2.53. The van der Waals surface area contributed by atoms with Gasteiger partial charge in [0.15, 0.2) is 5.54 Å². The largest absolute Gasteiger partial charge is 0.348 e. The summed E-state index contributed by atoms with van der Waals surface area (Å²) in [6.07, 6.45) is 4.97. The monoisotopic (exact) mass is 354 g/mol. The lowest BCUT2D eigenvalue weighted by Gasteiger charge is -2.40. The first-order valence-corrected chi connectivity index (χ1v) is 8.86. The number of amides is 3. The maximum absolute atomic E-state index is 12.7. The van der Waals surface area contributed by atoms with Gasteiger partial charge in [0.25, 0.3) is 5.91 Å². The molecule has 4 heterocycles. The van der Waals surface area contributed by atoms with E-state index in [4.69, 9.17) is 0 Å². The van der Waals surface area contributed by atoms with Crippen molar-refractivity contribution < 1.29 is 9.59 Å². The van der Waals surface area contributed by atoms with E-state index in [-0.39, 0.29) is 11.8 Å². The molecule has 0 unspecified atom stereocenters. The minimum absolute atomic E-state index is 0.000353. The van der Waals surface area contributed by atoms with E-state index in [1.54, 1.807) is 18.6 Å². The van der Waals surface area contributed by atoms with Crippen molar-refractivity contribution >= 4 is 11.9 Å². The van der Waals surface area contributed by atoms with Crippen molar-refractivity contribution in [3.63, 3.8) is 0 Å². The van der Waals surface area contributed by atoms with Crippen molar-refractivity contribution in [2.24, 2.45) is 5.92 Å². The van der Waals surface area contributed by atoms with E-state index in [0.29, 0.717) is 5.69 Å². The number of H-pyrrole nitrogens is 1. The number of piperidine rings is 1. The van der Waals surface area contributed by atoms with E-state index in [1.165, 1.54) is 0 Å². The number of carbonyl (C=O) groups is 2. The summed E-state index contributed by atoms with van der Waals surface area (Å²) >= 11 is 0. The molecule has 2 aromatic heterocycles. The fourth-order valence-corrected chi connectivity index (χ4v) is 4.02. The van der Waals surface area contributed by atoms with Crippen LogP contribution in [-0.2, 0) is 16.9 Å². The van der Waals surface area contributed by atoms with Crippen LogP contribution in [0.15, 0.2) is 30.7 Å². The smallest absolute Gasteiger partial charge is 0.322 e. The van der Waals surface area contributed by atoms with Gasteiger partial charge in [0.1, 0.15) is 0 Å². The second-order valence-corrected chi connectivity index (χ2v) is 6.96. The lowest BCUT2D eigenvalue weighted by atomic mass is 9.75. The Kier molecular flexibility index (Phi) is 4.20. The molecule has 3 N–H and O–H groups in total. The van der Waals surface area contributed by atoms with Crippen LogP contribution in [-0.4, -0.2) is 44.9 Å². The highest BCUT2D eigenvalue weighted by atomic mass is 16.2. The number of rotatable bonds is 4. The molecule has 0 radical (unpaired) electrons. The standard InChI is InChI=1S/C18H22N6O2/c1-12-14(21-11-20-12)10-24-8-5-13(6-9-24)18(15-4-2-3-7-19-15)16(25)22-17(26)23-18/h2-4,7,11,13H,5-6,8-10H2,1H3,(H,20,21)(H2,22,23,25,26)/t18-/m1/s1. The quantitative estimate of drug-likeness (QED) is 0.713. The highest BCUT2D eigenvalue weighted by Gasteiger charge is 2.54. The number of aromatic amines is 1. The van der Waals surface area contributed by atoms with E-state index in [1.807, 2.05) is 19.1 Å². The number of hydrogen-bond donors (Lipinski definition) is 3. The number of nitrogens with one attached hydrogen (secondary N) is 3. The van der Waals surface area contributed by atoms with E-state index in [0.717, 1.165) is 43.9 Å². The Morgan fingerprint density at radius 1 is 1.23 bits per heavy atom. The summed E-state index contributed by atoms with van der Waals surface area (Å²) in [6, 6.07) is 5.01. The van der Waals surface area contributed by atoms with Crippen LogP contribution in [0.4, 0.5) is 4.79 Å². The molecule has 2 aliphatic heterocycles. The molecule has 2 aromatic rings. The molecule has 136 valence electrons. The fourth-order valence-electron chi connectivity index (χ4n) is 4.02. The number of pyridine rings is 1. The second kappa shape index (κ2) is 6.53. The van der Waals surface area contributed by atoms with Crippen LogP contribution in [0.1, 0.15) is 29.9 Å². The Balaban J connectivity index is 1.53. The maximum atomic E-state index is 12.7. The molecule has 0 aromatic carbocycles. The summed E-state index contributed by atoms with van der Waals surface area (Å²) in [6.45, 7) is 4.49. The van der Waals surface area contributed by atoms with Crippen molar-refractivity contribution in [3.05, 3.63) is 47.8 Å². The van der Waals surface area contributed by atoms with Gasteiger partial charge in [-0.05, 0) is 50.9 Å². The Labute approximate surface area is 151 Å². The van der Waals surface area contributed by atoms with Crippen LogP contribution in [0.3, 0.4) is 0 Å². The SMILES string of the molecule is Cc1[nH]cnc1CN1CCC([C@]2(c3ccccn3)NC(=O)NC2=O)CC1. The molecule has 3 amide bonds. The van der Waals surface area contributed by atoms with Crippen molar-refractivity contribution in [2.75, 3.05) is 13.1 Å². The van der Waals surface area contributed by atoms with Gasteiger partial charge < -0.3 is 10.3 Å². The van der Waals surface area contributed by atoms with Gasteiger partial charge in [-0.2, -0.15) is 0 Å². The normalized spacial score (nSPS) is 24.5. The number of hydrogen-bond acceptors (Lipinski definition) is 5. The van der Waals surface area contributed by atoms with E-state index < -0.39 is 11.6 Å². The molecular formula is C18H22N6O2. The predicted octanol–water partition coefficient (Wildman–Crippen LogP) is 1.06. The maximum Gasteiger partial charge on any atom is 0.322 e. The van der Waals surface area contributed by atoms with E-state index in [2.05, 4.69) is 30.5 Å². The molecule has 2 fully saturated rings. The zero-order valence-corrected chi connectivity index (χ0v) is 14.7. The predicted molar refractivity (Wildman–Crippen MR) is 93.9 cm³/mol. The summed E-state index contributed by atoms with van der Waals surface area (Å²) in [7, 11) is 0. The molecule has 8 heteroatoms. The first kappa shape index (κ1) is 16.7. The number of aryl methyl sites for hydroxylation is 1. The van der Waals surface area contributed by atoms with Crippen molar-refractivity contribution in [1.82, 2.24) is 30.5 Å². The average molecular weight is 354 g/mol. The van der Waals surface area contributed by atoms with Gasteiger partial charge in [0.2, 0.25) is 0 Å². The Bertz CT molecular complexity index is 812. The number of imidazole rings is 1. The summed E-state index contributed by atoms with van der Waals surface area (Å²) in [5.74, 6) is -0.303. The third kappa shape index (κ3) is 2.76. The summed E-state index contributed by atoms with van der Waals surface area (Å²) in [5.41, 5.74) is 1.66. The molecule has 0 spiro atoms. The summed E-state index contributed by atoms with van der Waals surface area (Å²) in [5, 5.41) is 5.28. The molecule has 0 aliphatic carbocycles. The third-order valence-electron chi connectivity index (χ3n) is 5.47. The number of urea groups is 1. The van der Waals surface area contributed by atoms with Gasteiger partial charge in [-0.25, -0.2) is 9.78 Å². The molecule has 8 nitrogen and oxygen atoms in total. The molecule has 2 aliphatic rings. The number of carbonyl (C=O) groups excluding carboxylic acids is 2. The molecular weight excluding hydrogens is 332 g/mol. The number of nitrogens with zero attached hydrogens (tertiary/aromatic N) is 3. The van der Waals surface area contributed by atoms with Crippen LogP contribution >= 0.6 is 0 Å². The van der Waals surface area contributed by atoms with Gasteiger partial charge in [-0.1, -0.05) is 6.07 Å². The van der Waals surface area contributed by atoms with Crippen molar-refractivity contribution in [3.8, 4) is 0 Å². The zero-order chi connectivity index (χ0) is 18.1. The molecule has 4 rings (SSSR count). The van der Waals surface area contributed by atoms with Crippen LogP contribution in [0, 0.1) is 12.8 Å². The number of imide groups is 1. The van der Waals surface area contributed by atoms with Gasteiger partial charge in [-0.3, -0.25) is 20.0 Å². The highest BCUT2D eigenvalue weighted by Crippen LogP contribution is 2.38. The molecule has 0 bridgehead atoms. The second-order valence-electron chi connectivity index (χ2n) is 6.96. The molecule has 26 heavy (non-hydrogen) atoms. The molecule has 2 saturated heterocycles. The topological polar surface area (TPSA) is 103 Å². The zero-order valence-electron chi connectivity index (χ0n) is 14.7. The van der Waals surface area contributed by atoms with E-state index in [9.17, 15) is 9.59 Å². The highest BCUT2D eigenvalue weighted by molar-refractivity contribution is 6.07. The first-order valence-electron chi connectivity index (χ1n) is 8.86. The van der Waals surface area contributed by atoms with Gasteiger partial charge in [-0.15, -0.1) is 0 Å². The van der Waals surface area contributed by atoms with Crippen LogP contribution in [0.25, 0.3) is 0 Å². The summed E-state index contributed by atoms with van der Waals surface area (Å²) < 4.78 is 0. The first-order chi connectivity index (χ1) is 12.6. The van der Waals surface area contributed by atoms with Crippen LogP contribution < -0.4 is 10.6 Å². The van der Waals surface area contributed by atoms with E-state index >= 15 is 0 Å². The van der Waals surface area contributed by atoms with Crippen molar-refractivity contribution in [2.45, 2.75) is 31.8 Å². The van der Waals surface area contributed by atoms with Crippen LogP contribution in [0.2, 0.25) is 0 Å². The fraction of sp³-hybridized carbons (Fsp3) is 0.444. The number of likely N-dealkylation sites (tertiary alicyclic amines) is 1. The Morgan fingerprint density at radius 2 is 2.04 bits per heavy atom. The lowest BCUT2D eigenvalue weighted by molar-refractivity contribution is -0.127. The number of aromatic nitrogens is 3. The van der Waals surface area contributed by atoms with Gasteiger partial charge in [0, 0.05) is 18.4 Å². The van der Waals surface area contributed by atoms with Crippen LogP contribution in [0.5, 0.6) is 0 Å². The summed E-state index contributed by atoms with van der Waals surface area (Å²) in [4.78, 5) is 38.8. The Morgan fingerprint density at radius 3 is 2.62 bits per heavy atom. The third-order valence-corrected chi connectivity index (χ3v) is 5.47. The average Bonchev–Trinajstić information content (AvgIpc) is 3.19. The minimum atomic E-state index is -1.08. The molecule has 1 atom stereocenters. The van der Waals surface area contributed by atoms with Gasteiger partial charge in [0.05, 0.1) is 17.7 Å². The Hall–Kier alpha value is -2.74.